The Morgan fingerprint density at radius 2 is 2.33 bits per heavy atom. The Labute approximate surface area is 123 Å². The van der Waals surface area contributed by atoms with E-state index in [0.29, 0.717) is 5.89 Å². The summed E-state index contributed by atoms with van der Waals surface area (Å²) in [4.78, 5) is 12.3. The number of amides is 1. The third-order valence-corrected chi connectivity index (χ3v) is 3.73. The van der Waals surface area contributed by atoms with E-state index in [0.717, 1.165) is 42.6 Å². The largest absolute Gasteiger partial charge is 0.423 e. The van der Waals surface area contributed by atoms with Crippen molar-refractivity contribution in [1.82, 2.24) is 15.5 Å². The monoisotopic (exact) mass is 286 g/mol. The average Bonchev–Trinajstić information content (AvgIpc) is 3.04. The molecular formula is C15H18N4O2. The van der Waals surface area contributed by atoms with Crippen molar-refractivity contribution in [1.29, 1.82) is 0 Å². The lowest BCUT2D eigenvalue weighted by molar-refractivity contribution is -0.118. The zero-order valence-corrected chi connectivity index (χ0v) is 11.9. The lowest BCUT2D eigenvalue weighted by Crippen LogP contribution is -2.43. The van der Waals surface area contributed by atoms with E-state index in [9.17, 15) is 4.79 Å². The molecular weight excluding hydrogens is 268 g/mol. The molecule has 0 unspecified atom stereocenters. The Kier molecular flexibility index (Phi) is 3.96. The summed E-state index contributed by atoms with van der Waals surface area (Å²) in [5.41, 5.74) is 2.58. The third kappa shape index (κ3) is 3.11. The number of nitrogens with one attached hydrogen (secondary N) is 2. The van der Waals surface area contributed by atoms with E-state index in [1.807, 2.05) is 25.1 Å². The van der Waals surface area contributed by atoms with Gasteiger partial charge in [-0.1, -0.05) is 12.5 Å². The van der Waals surface area contributed by atoms with Crippen molar-refractivity contribution in [3.05, 3.63) is 30.2 Å². The molecule has 0 spiro atoms. The van der Waals surface area contributed by atoms with E-state index in [1.54, 1.807) is 0 Å². The van der Waals surface area contributed by atoms with Gasteiger partial charge in [-0.3, -0.25) is 4.79 Å². The van der Waals surface area contributed by atoms with Crippen LogP contribution < -0.4 is 10.6 Å². The number of carbonyl (C=O) groups excluding carboxylic acids is 1. The molecule has 2 aromatic rings. The summed E-state index contributed by atoms with van der Waals surface area (Å²) in [6.45, 7) is 2.86. The fraction of sp³-hybridized carbons (Fsp3) is 0.400. The highest BCUT2D eigenvalue weighted by molar-refractivity contribution is 5.96. The van der Waals surface area contributed by atoms with Crippen LogP contribution in [0.4, 0.5) is 5.69 Å². The number of piperidine rings is 1. The van der Waals surface area contributed by atoms with Crippen molar-refractivity contribution in [3.8, 4) is 11.5 Å². The molecule has 2 N–H and O–H groups in total. The first-order chi connectivity index (χ1) is 10.2. The second-order valence-electron chi connectivity index (χ2n) is 5.27. The Morgan fingerprint density at radius 1 is 1.43 bits per heavy atom. The van der Waals surface area contributed by atoms with Gasteiger partial charge >= 0.3 is 0 Å². The molecule has 1 aromatic heterocycles. The fourth-order valence-corrected chi connectivity index (χ4v) is 2.48. The molecule has 1 aromatic carbocycles. The first kappa shape index (κ1) is 13.8. The number of anilines is 1. The van der Waals surface area contributed by atoms with Crippen LogP contribution in [-0.4, -0.2) is 28.7 Å². The summed E-state index contributed by atoms with van der Waals surface area (Å²) in [5, 5.41) is 13.8. The van der Waals surface area contributed by atoms with Gasteiger partial charge in [-0.2, -0.15) is 0 Å². The van der Waals surface area contributed by atoms with Gasteiger partial charge in [0, 0.05) is 11.3 Å². The molecule has 2 heterocycles. The first-order valence-corrected chi connectivity index (χ1v) is 7.15. The molecule has 1 aliphatic heterocycles. The lowest BCUT2D eigenvalue weighted by Gasteiger charge is -2.23. The van der Waals surface area contributed by atoms with Crippen LogP contribution in [0.15, 0.2) is 29.0 Å². The van der Waals surface area contributed by atoms with Gasteiger partial charge in [-0.05, 0) is 44.0 Å². The zero-order chi connectivity index (χ0) is 14.7. The Hall–Kier alpha value is -2.21. The van der Waals surface area contributed by atoms with Gasteiger partial charge in [0.15, 0.2) is 0 Å². The van der Waals surface area contributed by atoms with Crippen LogP contribution in [0.5, 0.6) is 0 Å². The van der Waals surface area contributed by atoms with E-state index in [4.69, 9.17) is 4.42 Å². The van der Waals surface area contributed by atoms with Crippen LogP contribution in [0.25, 0.3) is 11.5 Å². The molecule has 21 heavy (non-hydrogen) atoms. The molecule has 1 atom stereocenters. The molecule has 110 valence electrons. The van der Waals surface area contributed by atoms with E-state index in [1.165, 1.54) is 6.39 Å². The number of hydrogen-bond donors (Lipinski definition) is 2. The van der Waals surface area contributed by atoms with Crippen molar-refractivity contribution < 1.29 is 9.21 Å². The van der Waals surface area contributed by atoms with Crippen molar-refractivity contribution in [3.63, 3.8) is 0 Å². The molecule has 1 saturated heterocycles. The van der Waals surface area contributed by atoms with Crippen LogP contribution in [0, 0.1) is 6.92 Å². The number of aryl methyl sites for hydroxylation is 1. The smallest absolute Gasteiger partial charge is 0.247 e. The van der Waals surface area contributed by atoms with E-state index in [2.05, 4.69) is 20.8 Å². The summed E-state index contributed by atoms with van der Waals surface area (Å²) in [6, 6.07) is 5.59. The molecule has 0 radical (unpaired) electrons. The molecule has 0 aliphatic carbocycles. The Bertz CT molecular complexity index is 619. The van der Waals surface area contributed by atoms with Crippen LogP contribution in [-0.2, 0) is 4.79 Å². The molecule has 6 heteroatoms. The number of aromatic nitrogens is 2. The van der Waals surface area contributed by atoms with Crippen LogP contribution in [0.2, 0.25) is 0 Å². The second kappa shape index (κ2) is 6.05. The van der Waals surface area contributed by atoms with Gasteiger partial charge in [0.05, 0.1) is 6.04 Å². The Balaban J connectivity index is 1.78. The van der Waals surface area contributed by atoms with Crippen LogP contribution in [0.1, 0.15) is 24.8 Å². The van der Waals surface area contributed by atoms with E-state index < -0.39 is 0 Å². The van der Waals surface area contributed by atoms with Gasteiger partial charge < -0.3 is 15.1 Å². The normalized spacial score (nSPS) is 18.4. The van der Waals surface area contributed by atoms with Gasteiger partial charge in [-0.25, -0.2) is 0 Å². The summed E-state index contributed by atoms with van der Waals surface area (Å²) >= 11 is 0. The summed E-state index contributed by atoms with van der Waals surface area (Å²) in [6.07, 6.45) is 4.40. The van der Waals surface area contributed by atoms with Gasteiger partial charge in [0.2, 0.25) is 18.2 Å². The average molecular weight is 286 g/mol. The van der Waals surface area contributed by atoms with Gasteiger partial charge in [0.1, 0.15) is 0 Å². The maximum atomic E-state index is 12.3. The lowest BCUT2D eigenvalue weighted by atomic mass is 10.0. The third-order valence-electron chi connectivity index (χ3n) is 3.73. The number of hydrogen-bond acceptors (Lipinski definition) is 5. The SMILES string of the molecule is Cc1ccc(-c2nnco2)cc1NC(=O)[C@H]1CCCCN1. The summed E-state index contributed by atoms with van der Waals surface area (Å²) in [5.74, 6) is 0.460. The van der Waals surface area contributed by atoms with Gasteiger partial charge in [-0.15, -0.1) is 10.2 Å². The Morgan fingerprint density at radius 3 is 3.05 bits per heavy atom. The van der Waals surface area contributed by atoms with E-state index >= 15 is 0 Å². The highest BCUT2D eigenvalue weighted by Gasteiger charge is 2.21. The number of benzene rings is 1. The predicted octanol–water partition coefficient (Wildman–Crippen LogP) is 2.13. The molecule has 1 aliphatic rings. The number of nitrogens with zero attached hydrogens (tertiary/aromatic N) is 2. The van der Waals surface area contributed by atoms with Crippen molar-refractivity contribution in [2.45, 2.75) is 32.2 Å². The maximum Gasteiger partial charge on any atom is 0.247 e. The highest BCUT2D eigenvalue weighted by atomic mass is 16.4. The van der Waals surface area contributed by atoms with Crippen molar-refractivity contribution >= 4 is 11.6 Å². The van der Waals surface area contributed by atoms with Crippen LogP contribution in [0.3, 0.4) is 0 Å². The molecule has 1 fully saturated rings. The topological polar surface area (TPSA) is 80.1 Å². The van der Waals surface area contributed by atoms with Gasteiger partial charge in [0.25, 0.3) is 0 Å². The second-order valence-corrected chi connectivity index (χ2v) is 5.27. The first-order valence-electron chi connectivity index (χ1n) is 7.15. The highest BCUT2D eigenvalue weighted by Crippen LogP contribution is 2.24. The minimum Gasteiger partial charge on any atom is -0.423 e. The quantitative estimate of drug-likeness (QED) is 0.903. The van der Waals surface area contributed by atoms with Crippen molar-refractivity contribution in [2.24, 2.45) is 0 Å². The summed E-state index contributed by atoms with van der Waals surface area (Å²) in [7, 11) is 0. The molecule has 0 bridgehead atoms. The minimum atomic E-state index is -0.106. The van der Waals surface area contributed by atoms with Crippen molar-refractivity contribution in [2.75, 3.05) is 11.9 Å². The molecule has 6 nitrogen and oxygen atoms in total. The predicted molar refractivity (Wildman–Crippen MR) is 78.7 cm³/mol. The standard InChI is InChI=1S/C15H18N4O2/c1-10-5-6-11(15-19-17-9-21-15)8-13(10)18-14(20)12-4-2-3-7-16-12/h5-6,8-9,12,16H,2-4,7H2,1H3,(H,18,20)/t12-/m1/s1. The number of carbonyl (C=O) groups is 1. The molecule has 0 saturated carbocycles. The summed E-state index contributed by atoms with van der Waals surface area (Å²) < 4.78 is 5.19. The maximum absolute atomic E-state index is 12.3. The minimum absolute atomic E-state index is 0.0143. The van der Waals surface area contributed by atoms with Crippen LogP contribution >= 0.6 is 0 Å². The number of rotatable bonds is 3. The van der Waals surface area contributed by atoms with E-state index in [-0.39, 0.29) is 11.9 Å². The fourth-order valence-electron chi connectivity index (χ4n) is 2.48. The zero-order valence-electron chi connectivity index (χ0n) is 11.9. The molecule has 1 amide bonds. The molecule has 3 rings (SSSR count).